The molecule has 0 saturated carbocycles. The molecule has 0 aromatic heterocycles. The first kappa shape index (κ1) is 100. The minimum absolute atomic E-state index is 0.172. The van der Waals surface area contributed by atoms with Crippen LogP contribution in [0.4, 0.5) is 0 Å². The van der Waals surface area contributed by atoms with E-state index in [1.165, 1.54) is 0 Å². The minimum atomic E-state index is -0.347. The average Bonchev–Trinajstić information content (AvgIpc) is 1.70. The van der Waals surface area contributed by atoms with Crippen molar-refractivity contribution in [3.63, 3.8) is 0 Å². The number of halogens is 20. The number of hydrogen-bond donors (Lipinski definition) is 0. The van der Waals surface area contributed by atoms with Crippen LogP contribution in [0.2, 0.25) is 0 Å². The molecular formula is C63H46Br20O20. The zero-order chi connectivity index (χ0) is 79.2. The maximum atomic E-state index is 11.3. The Balaban J connectivity index is 0.000000574. The average molecular weight is 2720 g/mol. The number of rotatable bonds is 7. The van der Waals surface area contributed by atoms with Crippen LogP contribution >= 0.6 is 319 Å². The van der Waals surface area contributed by atoms with Gasteiger partial charge in [-0.2, -0.15) is 0 Å². The summed E-state index contributed by atoms with van der Waals surface area (Å²) in [4.78, 5) is 115. The Morgan fingerprint density at radius 2 is 0.728 bits per heavy atom. The van der Waals surface area contributed by atoms with Gasteiger partial charge in [0, 0.05) is 47.1 Å². The van der Waals surface area contributed by atoms with Crippen LogP contribution in [0, 0.1) is 0 Å². The van der Waals surface area contributed by atoms with E-state index < -0.39 is 0 Å². The van der Waals surface area contributed by atoms with Gasteiger partial charge in [0.2, 0.25) is 0 Å². The normalized spacial score (nSPS) is 19.1. The standard InChI is InChI=1S/C9H10Br2O2.C6H2Br4O2.2C6H3Br3O2.3C6H4Br2O2.2C6H5BrO2.C6H6O2/c1-2-3-4-6-8(11)7(5-10)13-9(6)12;7-4(8)2-1-3(5(9)10)12-6(2)11;7-1-3-5(9)4(2-8)11-6(3)10;7-2-3-1-4(5(8)9)11-6(3)10;2*1-3-5(8)4(2-7)10-6(3)9;1-3-2-4(5(7)8)10-6(3)9;1-4-2-5(3-7)6(8)9-4;1-3-5(7)4(2)9-6(3)8;1-4-3-5(2)8-6(4)7/h5H,2-4H2,1H3;1,4H;2H,1H2;1H,2H2;3*2H,1H3;2H,1,3H2;2H2,1H3;3H,2H2,1H3/b7-5+;;4-2+;;4-2+;4-2-;;;;. The van der Waals surface area contributed by atoms with Gasteiger partial charge in [-0.05, 0) is 253 Å². The maximum absolute atomic E-state index is 11.3. The first-order valence-electron chi connectivity index (χ1n) is 27.1. The highest BCUT2D eigenvalue weighted by Gasteiger charge is 2.31. The largest absolute Gasteiger partial charge is 0.424 e. The van der Waals surface area contributed by atoms with E-state index in [0.29, 0.717) is 143 Å². The van der Waals surface area contributed by atoms with Crippen molar-refractivity contribution in [2.75, 3.05) is 16.0 Å². The van der Waals surface area contributed by atoms with Crippen LogP contribution in [-0.4, -0.2) is 79.4 Å². The molecule has 0 unspecified atom stereocenters. The fraction of sp³-hybridized carbons (Fsp3) is 0.206. The van der Waals surface area contributed by atoms with E-state index in [2.05, 4.69) is 359 Å². The molecule has 0 atom stereocenters. The van der Waals surface area contributed by atoms with Crippen LogP contribution in [0.1, 0.15) is 60.8 Å². The Bertz CT molecular complexity index is 4000. The summed E-state index contributed by atoms with van der Waals surface area (Å²) in [5, 5.41) is 1.55. The molecular weight excluding hydrogens is 2670 g/mol. The topological polar surface area (TPSA) is 263 Å². The SMILES string of the molecule is C=C1C=C(C)C(=O)O1.C=C1C=C(CBr)C(=O)O1.C=C1OC(=O)C(C)=C1Br.CC1=C(Br)/C(=C/Br)OC1=O.CC1=C(Br)/C(=C\Br)OC1=O.CC1=CC(=C(Br)Br)OC1=O.CCCCC1=C(Br)/C(=C\Br)OC1=O.O=C1O/C(=C/Br)C(Br)=C1CBr.O=C1OC(=C(Br)Br)C=C1C(Br)Br.O=C1OC(=C(Br)Br)C=C1CBr. The van der Waals surface area contributed by atoms with Crippen LogP contribution in [-0.2, 0) is 95.3 Å². The van der Waals surface area contributed by atoms with Gasteiger partial charge in [-0.15, -0.1) is 0 Å². The third-order valence-electron chi connectivity index (χ3n) is 11.6. The molecule has 10 heterocycles. The monoisotopic (exact) mass is 2700 g/mol. The van der Waals surface area contributed by atoms with Gasteiger partial charge in [0.1, 0.15) is 31.2 Å². The summed E-state index contributed by atoms with van der Waals surface area (Å²) in [6, 6.07) is 0. The summed E-state index contributed by atoms with van der Waals surface area (Å²) in [5.74, 6) is 2.00. The molecule has 0 saturated heterocycles. The van der Waals surface area contributed by atoms with Gasteiger partial charge >= 0.3 is 59.7 Å². The van der Waals surface area contributed by atoms with E-state index in [1.54, 1.807) is 84.9 Å². The molecule has 0 aromatic carbocycles. The summed E-state index contributed by atoms with van der Waals surface area (Å²) in [6.45, 7) is 21.0. The second-order valence-corrected chi connectivity index (χ2v) is 37.3. The Kier molecular flexibility index (Phi) is 49.5. The predicted octanol–water partition coefficient (Wildman–Crippen LogP) is 24.3. The van der Waals surface area contributed by atoms with Gasteiger partial charge in [0.25, 0.3) is 0 Å². The predicted molar refractivity (Wildman–Crippen MR) is 462 cm³/mol. The van der Waals surface area contributed by atoms with Gasteiger partial charge in [-0.3, -0.25) is 0 Å². The van der Waals surface area contributed by atoms with Crippen molar-refractivity contribution in [3.05, 3.63) is 216 Å². The summed E-state index contributed by atoms with van der Waals surface area (Å²) in [5.41, 5.74) is 6.17. The lowest BCUT2D eigenvalue weighted by Crippen LogP contribution is -2.03. The van der Waals surface area contributed by atoms with E-state index in [1.807, 2.05) is 0 Å². The van der Waals surface area contributed by atoms with E-state index in [9.17, 15) is 47.9 Å². The first-order valence-corrected chi connectivity index (χ1v) is 44.7. The maximum Gasteiger partial charge on any atom is 0.341 e. The van der Waals surface area contributed by atoms with Gasteiger partial charge < -0.3 is 47.4 Å². The molecule has 0 N–H and O–H groups in total. The van der Waals surface area contributed by atoms with E-state index >= 15 is 0 Å². The Morgan fingerprint density at radius 1 is 0.388 bits per heavy atom. The quantitative estimate of drug-likeness (QED) is 0.130. The fourth-order valence-corrected chi connectivity index (χ4v) is 14.3. The number of carbonyl (C=O) groups excluding carboxylic acids is 10. The van der Waals surface area contributed by atoms with E-state index in [0.717, 1.165) is 38.3 Å². The molecule has 10 aliphatic rings. The lowest BCUT2D eigenvalue weighted by molar-refractivity contribution is -0.134. The minimum Gasteiger partial charge on any atom is -0.424 e. The molecule has 0 radical (unpaired) electrons. The fourth-order valence-electron chi connectivity index (χ4n) is 6.25. The van der Waals surface area contributed by atoms with Gasteiger partial charge in [-0.1, -0.05) is 176 Å². The zero-order valence-electron chi connectivity index (χ0n) is 52.9. The molecule has 10 aliphatic heterocycles. The molecule has 0 spiro atoms. The lowest BCUT2D eigenvalue weighted by Gasteiger charge is -1.97. The van der Waals surface area contributed by atoms with E-state index in [-0.39, 0.29) is 63.4 Å². The second-order valence-electron chi connectivity index (χ2n) is 18.8. The lowest BCUT2D eigenvalue weighted by atomic mass is 10.1. The molecule has 0 fully saturated rings. The smallest absolute Gasteiger partial charge is 0.341 e. The van der Waals surface area contributed by atoms with Crippen LogP contribution in [0.3, 0.4) is 0 Å². The molecule has 10 rings (SSSR count). The number of cyclic esters (lactones) is 10. The van der Waals surface area contributed by atoms with Crippen molar-refractivity contribution in [1.82, 2.24) is 0 Å². The number of allylic oxidation sites excluding steroid dienone is 10. The molecule has 0 aliphatic carbocycles. The number of unbranched alkanes of at least 4 members (excludes halogenated alkanes) is 1. The number of hydrogen-bond acceptors (Lipinski definition) is 20. The molecule has 0 aromatic rings. The third kappa shape index (κ3) is 33.1. The summed E-state index contributed by atoms with van der Waals surface area (Å²) in [6.07, 6.45) is 11.1. The first-order chi connectivity index (χ1) is 48.1. The number of carbonyl (C=O) groups is 10. The second kappa shape index (κ2) is 50.9. The van der Waals surface area contributed by atoms with Crippen LogP contribution in [0.15, 0.2) is 216 Å². The Morgan fingerprint density at radius 3 is 0.942 bits per heavy atom. The van der Waals surface area contributed by atoms with Crippen molar-refractivity contribution in [3.8, 4) is 0 Å². The third-order valence-corrected chi connectivity index (χ3v) is 23.1. The molecule has 0 bridgehead atoms. The number of alkyl halides is 5. The van der Waals surface area contributed by atoms with Crippen molar-refractivity contribution in [2.45, 2.75) is 64.5 Å². The Labute approximate surface area is 759 Å². The van der Waals surface area contributed by atoms with Crippen molar-refractivity contribution in [1.29, 1.82) is 0 Å². The van der Waals surface area contributed by atoms with Crippen molar-refractivity contribution in [2.24, 2.45) is 0 Å². The Hall–Kier alpha value is -0.900. The zero-order valence-corrected chi connectivity index (χ0v) is 84.6. The molecule has 103 heavy (non-hydrogen) atoms. The van der Waals surface area contributed by atoms with E-state index in [4.69, 9.17) is 33.2 Å². The summed E-state index contributed by atoms with van der Waals surface area (Å²) < 4.78 is 53.1. The van der Waals surface area contributed by atoms with Crippen molar-refractivity contribution < 1.29 is 95.3 Å². The molecule has 20 nitrogen and oxygen atoms in total. The molecule has 558 valence electrons. The van der Waals surface area contributed by atoms with Crippen LogP contribution in [0.25, 0.3) is 0 Å². The number of esters is 10. The molecule has 40 heteroatoms. The summed E-state index contributed by atoms with van der Waals surface area (Å²) in [7, 11) is 0. The van der Waals surface area contributed by atoms with Gasteiger partial charge in [0.15, 0.2) is 40.3 Å². The molecule has 0 amide bonds. The van der Waals surface area contributed by atoms with Crippen LogP contribution in [0.5, 0.6) is 0 Å². The van der Waals surface area contributed by atoms with Crippen LogP contribution < -0.4 is 0 Å². The number of ether oxygens (including phenoxy) is 10. The van der Waals surface area contributed by atoms with Gasteiger partial charge in [0.05, 0.1) is 67.0 Å². The highest BCUT2D eigenvalue weighted by Crippen LogP contribution is 2.38. The highest BCUT2D eigenvalue weighted by molar-refractivity contribution is 9.29. The van der Waals surface area contributed by atoms with Gasteiger partial charge in [-0.25, -0.2) is 47.9 Å². The highest BCUT2D eigenvalue weighted by atomic mass is 79.9. The van der Waals surface area contributed by atoms with Crippen molar-refractivity contribution >= 4 is 378 Å². The summed E-state index contributed by atoms with van der Waals surface area (Å²) >= 11 is 63.2.